The smallest absolute Gasteiger partial charge is 0.126 e. The minimum absolute atomic E-state index is 0.0509. The van der Waals surface area contributed by atoms with Gasteiger partial charge in [0.2, 0.25) is 0 Å². The molecule has 2 rings (SSSR count). The van der Waals surface area contributed by atoms with Gasteiger partial charge in [-0.2, -0.15) is 0 Å². The maximum Gasteiger partial charge on any atom is 0.126 e. The van der Waals surface area contributed by atoms with Gasteiger partial charge in [0.05, 0.1) is 12.7 Å². The van der Waals surface area contributed by atoms with E-state index in [1.807, 2.05) is 30.3 Å². The Morgan fingerprint density at radius 3 is 1.83 bits per heavy atom. The summed E-state index contributed by atoms with van der Waals surface area (Å²) in [5.74, 6) is 1.01. The van der Waals surface area contributed by atoms with Crippen molar-refractivity contribution in [2.24, 2.45) is 0 Å². The van der Waals surface area contributed by atoms with E-state index in [9.17, 15) is 0 Å². The first-order chi connectivity index (χ1) is 8.69. The van der Waals surface area contributed by atoms with Crippen LogP contribution in [0.25, 0.3) is 6.08 Å². The van der Waals surface area contributed by atoms with Crippen molar-refractivity contribution in [2.45, 2.75) is 0 Å². The number of hydrogen-bond acceptors (Lipinski definition) is 3. The second-order valence-electron chi connectivity index (χ2n) is 3.43. The van der Waals surface area contributed by atoms with Gasteiger partial charge in [0.1, 0.15) is 17.2 Å². The van der Waals surface area contributed by atoms with Crippen molar-refractivity contribution >= 4 is 6.08 Å². The highest BCUT2D eigenvalue weighted by atomic mass is 16.5. The minimum atomic E-state index is 0.0509. The first-order valence-corrected chi connectivity index (χ1v) is 5.41. The molecule has 0 aliphatic carbocycles. The standard InChI is InChI=1S/C8H8O2.C7H8O/c1-2-6-7(9)4-3-5-8(6)10;1-8-7-5-3-2-4-6-7/h2-5,9-10H,1H2;2-6H,1H3. The van der Waals surface area contributed by atoms with Crippen LogP contribution in [-0.2, 0) is 0 Å². The van der Waals surface area contributed by atoms with Gasteiger partial charge < -0.3 is 14.9 Å². The molecule has 0 radical (unpaired) electrons. The van der Waals surface area contributed by atoms with Crippen LogP contribution in [0.5, 0.6) is 17.2 Å². The highest BCUT2D eigenvalue weighted by Gasteiger charge is 1.99. The number of rotatable bonds is 2. The monoisotopic (exact) mass is 244 g/mol. The summed E-state index contributed by atoms with van der Waals surface area (Å²) in [7, 11) is 1.66. The van der Waals surface area contributed by atoms with Crippen LogP contribution in [0.3, 0.4) is 0 Å². The highest BCUT2D eigenvalue weighted by molar-refractivity contribution is 5.61. The molecule has 2 N–H and O–H groups in total. The molecular formula is C15H16O3. The molecule has 0 heterocycles. The fourth-order valence-corrected chi connectivity index (χ4v) is 1.31. The molecular weight excluding hydrogens is 228 g/mol. The van der Waals surface area contributed by atoms with E-state index in [2.05, 4.69) is 6.58 Å². The normalized spacial score (nSPS) is 8.94. The van der Waals surface area contributed by atoms with Gasteiger partial charge in [0, 0.05) is 0 Å². The fourth-order valence-electron chi connectivity index (χ4n) is 1.31. The van der Waals surface area contributed by atoms with Crippen LogP contribution in [0.1, 0.15) is 5.56 Å². The van der Waals surface area contributed by atoms with Crippen molar-refractivity contribution in [1.82, 2.24) is 0 Å². The van der Waals surface area contributed by atoms with Gasteiger partial charge in [-0.25, -0.2) is 0 Å². The Hall–Kier alpha value is -2.42. The van der Waals surface area contributed by atoms with Gasteiger partial charge in [-0.15, -0.1) is 0 Å². The van der Waals surface area contributed by atoms with Gasteiger partial charge in [-0.1, -0.05) is 36.9 Å². The largest absolute Gasteiger partial charge is 0.507 e. The van der Waals surface area contributed by atoms with Crippen LogP contribution in [0.4, 0.5) is 0 Å². The molecule has 94 valence electrons. The maximum absolute atomic E-state index is 9.06. The maximum atomic E-state index is 9.06. The van der Waals surface area contributed by atoms with Crippen molar-refractivity contribution in [3.05, 3.63) is 60.7 Å². The lowest BCUT2D eigenvalue weighted by molar-refractivity contribution is 0.415. The topological polar surface area (TPSA) is 49.7 Å². The molecule has 0 aromatic heterocycles. The predicted octanol–water partition coefficient (Wildman–Crippen LogP) is 3.44. The zero-order valence-electron chi connectivity index (χ0n) is 10.2. The Morgan fingerprint density at radius 2 is 1.50 bits per heavy atom. The summed E-state index contributed by atoms with van der Waals surface area (Å²) in [6.45, 7) is 3.43. The van der Waals surface area contributed by atoms with Crippen molar-refractivity contribution < 1.29 is 14.9 Å². The lowest BCUT2D eigenvalue weighted by Crippen LogP contribution is -1.78. The quantitative estimate of drug-likeness (QED) is 0.850. The molecule has 0 bridgehead atoms. The van der Waals surface area contributed by atoms with Gasteiger partial charge in [-0.3, -0.25) is 0 Å². The third-order valence-corrected chi connectivity index (χ3v) is 2.24. The highest BCUT2D eigenvalue weighted by Crippen LogP contribution is 2.26. The molecule has 3 nitrogen and oxygen atoms in total. The summed E-state index contributed by atoms with van der Waals surface area (Å²) < 4.78 is 4.91. The van der Waals surface area contributed by atoms with E-state index < -0.39 is 0 Å². The Bertz CT molecular complexity index is 472. The first kappa shape index (κ1) is 13.6. The van der Waals surface area contributed by atoms with Crippen LogP contribution in [-0.4, -0.2) is 17.3 Å². The molecule has 0 amide bonds. The minimum Gasteiger partial charge on any atom is -0.507 e. The number of para-hydroxylation sites is 1. The van der Waals surface area contributed by atoms with Crippen molar-refractivity contribution in [3.63, 3.8) is 0 Å². The van der Waals surface area contributed by atoms with E-state index in [0.717, 1.165) is 5.75 Å². The molecule has 0 aliphatic heterocycles. The molecule has 0 unspecified atom stereocenters. The van der Waals surface area contributed by atoms with Crippen molar-refractivity contribution in [1.29, 1.82) is 0 Å². The number of phenols is 2. The second-order valence-corrected chi connectivity index (χ2v) is 3.43. The zero-order chi connectivity index (χ0) is 13.4. The molecule has 0 spiro atoms. The number of hydrogen-bond donors (Lipinski definition) is 2. The zero-order valence-corrected chi connectivity index (χ0v) is 10.2. The van der Waals surface area contributed by atoms with Gasteiger partial charge >= 0.3 is 0 Å². The SMILES string of the molecule is C=Cc1c(O)cccc1O.COc1ccccc1. The third-order valence-electron chi connectivity index (χ3n) is 2.24. The molecule has 0 saturated carbocycles. The summed E-state index contributed by atoms with van der Waals surface area (Å²) in [6.07, 6.45) is 1.41. The molecule has 18 heavy (non-hydrogen) atoms. The molecule has 0 saturated heterocycles. The van der Waals surface area contributed by atoms with Gasteiger partial charge in [0.15, 0.2) is 0 Å². The number of phenolic OH excluding ortho intramolecular Hbond substituents is 2. The van der Waals surface area contributed by atoms with Gasteiger partial charge in [0.25, 0.3) is 0 Å². The van der Waals surface area contributed by atoms with E-state index in [0.29, 0.717) is 5.56 Å². The average molecular weight is 244 g/mol. The van der Waals surface area contributed by atoms with Crippen LogP contribution in [0, 0.1) is 0 Å². The molecule has 2 aromatic rings. The number of aromatic hydroxyl groups is 2. The average Bonchev–Trinajstić information content (AvgIpc) is 2.41. The molecule has 2 aromatic carbocycles. The summed E-state index contributed by atoms with van der Waals surface area (Å²) >= 11 is 0. The summed E-state index contributed by atoms with van der Waals surface area (Å²) in [5.41, 5.74) is 0.377. The van der Waals surface area contributed by atoms with E-state index in [-0.39, 0.29) is 11.5 Å². The Morgan fingerprint density at radius 1 is 0.944 bits per heavy atom. The lowest BCUT2D eigenvalue weighted by Gasteiger charge is -1.99. The van der Waals surface area contributed by atoms with Crippen LogP contribution < -0.4 is 4.74 Å². The Balaban J connectivity index is 0.000000184. The summed E-state index contributed by atoms with van der Waals surface area (Å²) in [5, 5.41) is 18.1. The van der Waals surface area contributed by atoms with E-state index in [1.165, 1.54) is 18.2 Å². The van der Waals surface area contributed by atoms with E-state index in [4.69, 9.17) is 14.9 Å². The van der Waals surface area contributed by atoms with Gasteiger partial charge in [-0.05, 0) is 24.3 Å². The van der Waals surface area contributed by atoms with Crippen molar-refractivity contribution in [2.75, 3.05) is 7.11 Å². The molecule has 3 heteroatoms. The van der Waals surface area contributed by atoms with Crippen LogP contribution in [0.2, 0.25) is 0 Å². The Labute approximate surface area is 107 Å². The fraction of sp³-hybridized carbons (Fsp3) is 0.0667. The van der Waals surface area contributed by atoms with Crippen LogP contribution in [0.15, 0.2) is 55.1 Å². The van der Waals surface area contributed by atoms with Crippen molar-refractivity contribution in [3.8, 4) is 17.2 Å². The number of benzene rings is 2. The molecule has 0 aliphatic rings. The molecule has 0 atom stereocenters. The number of methoxy groups -OCH3 is 1. The van der Waals surface area contributed by atoms with E-state index in [1.54, 1.807) is 13.2 Å². The predicted molar refractivity (Wildman–Crippen MR) is 72.9 cm³/mol. The lowest BCUT2D eigenvalue weighted by atomic mass is 10.2. The second kappa shape index (κ2) is 7.01. The molecule has 0 fully saturated rings. The summed E-state index contributed by atoms with van der Waals surface area (Å²) in [4.78, 5) is 0. The van der Waals surface area contributed by atoms with Crippen LogP contribution >= 0.6 is 0 Å². The first-order valence-electron chi connectivity index (χ1n) is 5.41. The van der Waals surface area contributed by atoms with E-state index >= 15 is 0 Å². The summed E-state index contributed by atoms with van der Waals surface area (Å²) in [6, 6.07) is 14.2. The number of ether oxygens (including phenoxy) is 1. The third kappa shape index (κ3) is 3.87. The Kier molecular flexibility index (Phi) is 5.32.